The quantitative estimate of drug-likeness (QED) is 0.295. The van der Waals surface area contributed by atoms with Gasteiger partial charge >= 0.3 is 0 Å². The summed E-state index contributed by atoms with van der Waals surface area (Å²) >= 11 is 1.25. The van der Waals surface area contributed by atoms with Gasteiger partial charge in [0.1, 0.15) is 6.04 Å². The third-order valence-electron chi connectivity index (χ3n) is 5.19. The zero-order valence-electron chi connectivity index (χ0n) is 18.6. The highest BCUT2D eigenvalue weighted by Gasteiger charge is 2.24. The molecule has 172 valence electrons. The zero-order valence-corrected chi connectivity index (χ0v) is 19.4. The molecule has 0 aliphatic heterocycles. The molecule has 3 aromatic carbocycles. The molecule has 1 heterocycles. The minimum atomic E-state index is -0.915. The summed E-state index contributed by atoms with van der Waals surface area (Å²) < 4.78 is 0.874. The fourth-order valence-electron chi connectivity index (χ4n) is 3.66. The topological polar surface area (TPSA) is 114 Å². The van der Waals surface area contributed by atoms with Crippen LogP contribution in [0.25, 0.3) is 10.2 Å². The number of hydrogen-bond donors (Lipinski definition) is 2. The Bertz CT molecular complexity index is 1330. The number of nitro groups is 1. The number of nitrogens with one attached hydrogen (secondary N) is 2. The molecule has 0 aliphatic carbocycles. The van der Waals surface area contributed by atoms with Crippen LogP contribution in [0.3, 0.4) is 0 Å². The van der Waals surface area contributed by atoms with Crippen molar-refractivity contribution in [3.8, 4) is 0 Å². The van der Waals surface area contributed by atoms with Gasteiger partial charge in [0.25, 0.3) is 11.6 Å². The van der Waals surface area contributed by atoms with Crippen molar-refractivity contribution in [1.82, 2.24) is 10.3 Å². The molecule has 0 aliphatic rings. The number of nitro benzene ring substituents is 1. The number of rotatable bonds is 7. The van der Waals surface area contributed by atoms with Crippen molar-refractivity contribution < 1.29 is 14.5 Å². The summed E-state index contributed by atoms with van der Waals surface area (Å²) in [5.41, 5.74) is 3.98. The van der Waals surface area contributed by atoms with Gasteiger partial charge in [-0.1, -0.05) is 30.3 Å². The maximum Gasteiger partial charge on any atom is 0.280 e. The van der Waals surface area contributed by atoms with E-state index in [1.165, 1.54) is 23.5 Å². The maximum atomic E-state index is 13.2. The van der Waals surface area contributed by atoms with Crippen molar-refractivity contribution in [2.24, 2.45) is 0 Å². The third-order valence-corrected chi connectivity index (χ3v) is 6.22. The SMILES string of the molecule is Cc1cc(C)cc(NC(=O)C(Cc2ccc([N+](=O)[O-])cc2)NC(=O)c2nc3ccccc3s2)c1. The molecule has 0 saturated heterocycles. The van der Waals surface area contributed by atoms with E-state index in [0.29, 0.717) is 16.8 Å². The molecule has 1 atom stereocenters. The molecule has 4 aromatic rings. The summed E-state index contributed by atoms with van der Waals surface area (Å²) in [4.78, 5) is 41.0. The number of non-ortho nitro benzene ring substituents is 1. The number of nitrogens with zero attached hydrogens (tertiary/aromatic N) is 2. The summed E-state index contributed by atoms with van der Waals surface area (Å²) in [5, 5.41) is 16.9. The first kappa shape index (κ1) is 23.1. The van der Waals surface area contributed by atoms with Crippen molar-refractivity contribution in [1.29, 1.82) is 0 Å². The standard InChI is InChI=1S/C25H22N4O4S/c1-15-11-16(2)13-18(12-15)26-23(30)21(14-17-7-9-19(10-8-17)29(32)33)27-24(31)25-28-20-5-3-4-6-22(20)34-25/h3-13,21H,14H2,1-2H3,(H,26,30)(H,27,31). The van der Waals surface area contributed by atoms with Gasteiger partial charge in [0.2, 0.25) is 5.91 Å². The van der Waals surface area contributed by atoms with Crippen LogP contribution >= 0.6 is 11.3 Å². The molecule has 2 amide bonds. The Balaban J connectivity index is 1.58. The summed E-state index contributed by atoms with van der Waals surface area (Å²) in [6.07, 6.45) is 0.158. The Hall–Kier alpha value is -4.11. The lowest BCUT2D eigenvalue weighted by atomic mass is 10.0. The fourth-order valence-corrected chi connectivity index (χ4v) is 4.53. The Labute approximate surface area is 199 Å². The molecule has 8 nitrogen and oxygen atoms in total. The number of amides is 2. The molecule has 0 saturated carbocycles. The molecule has 1 aromatic heterocycles. The zero-order chi connectivity index (χ0) is 24.2. The van der Waals surface area contributed by atoms with Crippen LogP contribution in [0, 0.1) is 24.0 Å². The van der Waals surface area contributed by atoms with Crippen LogP contribution in [-0.2, 0) is 11.2 Å². The highest BCUT2D eigenvalue weighted by Crippen LogP contribution is 2.22. The van der Waals surface area contributed by atoms with Crippen molar-refractivity contribution >= 4 is 44.7 Å². The molecule has 4 rings (SSSR count). The van der Waals surface area contributed by atoms with Crippen LogP contribution in [0.15, 0.2) is 66.7 Å². The maximum absolute atomic E-state index is 13.2. The van der Waals surface area contributed by atoms with Crippen LogP contribution in [0.5, 0.6) is 0 Å². The van der Waals surface area contributed by atoms with Crippen molar-refractivity contribution in [2.45, 2.75) is 26.3 Å². The van der Waals surface area contributed by atoms with E-state index in [9.17, 15) is 19.7 Å². The number of benzene rings is 3. The lowest BCUT2D eigenvalue weighted by Crippen LogP contribution is -2.45. The van der Waals surface area contributed by atoms with E-state index in [0.717, 1.165) is 15.8 Å². The van der Waals surface area contributed by atoms with Crippen molar-refractivity contribution in [2.75, 3.05) is 5.32 Å². The third kappa shape index (κ3) is 5.44. The molecule has 1 unspecified atom stereocenters. The van der Waals surface area contributed by atoms with Gasteiger partial charge in [-0.15, -0.1) is 11.3 Å². The lowest BCUT2D eigenvalue weighted by molar-refractivity contribution is -0.384. The normalized spacial score (nSPS) is 11.7. The van der Waals surface area contributed by atoms with E-state index >= 15 is 0 Å². The molecule has 2 N–H and O–H groups in total. The first-order valence-corrected chi connectivity index (χ1v) is 11.4. The fraction of sp³-hybridized carbons (Fsp3) is 0.160. The highest BCUT2D eigenvalue weighted by molar-refractivity contribution is 7.20. The predicted octanol–water partition coefficient (Wildman–Crippen LogP) is 4.80. The molecule has 0 bridgehead atoms. The second-order valence-electron chi connectivity index (χ2n) is 8.01. The minimum Gasteiger partial charge on any atom is -0.338 e. The molecular weight excluding hydrogens is 452 g/mol. The largest absolute Gasteiger partial charge is 0.338 e. The van der Waals surface area contributed by atoms with Gasteiger partial charge in [0.15, 0.2) is 5.01 Å². The Morgan fingerprint density at radius 2 is 1.71 bits per heavy atom. The molecule has 0 spiro atoms. The monoisotopic (exact) mass is 474 g/mol. The van der Waals surface area contributed by atoms with E-state index in [1.54, 1.807) is 12.1 Å². The Kier molecular flexibility index (Phi) is 6.65. The number of carbonyl (C=O) groups excluding carboxylic acids is 2. The van der Waals surface area contributed by atoms with E-state index < -0.39 is 22.8 Å². The summed E-state index contributed by atoms with van der Waals surface area (Å²) in [6, 6.07) is 18.1. The second kappa shape index (κ2) is 9.80. The molecule has 0 fully saturated rings. The first-order chi connectivity index (χ1) is 16.3. The second-order valence-corrected chi connectivity index (χ2v) is 9.04. The minimum absolute atomic E-state index is 0.0431. The average Bonchev–Trinajstić information content (AvgIpc) is 3.23. The Morgan fingerprint density at radius 3 is 2.35 bits per heavy atom. The average molecular weight is 475 g/mol. The number of aromatic nitrogens is 1. The van der Waals surface area contributed by atoms with Gasteiger partial charge in [-0.25, -0.2) is 4.98 Å². The van der Waals surface area contributed by atoms with E-state index in [-0.39, 0.29) is 17.1 Å². The summed E-state index contributed by atoms with van der Waals surface area (Å²) in [5.74, 6) is -0.846. The van der Waals surface area contributed by atoms with Crippen LogP contribution in [0.4, 0.5) is 11.4 Å². The van der Waals surface area contributed by atoms with Gasteiger partial charge in [-0.3, -0.25) is 19.7 Å². The van der Waals surface area contributed by atoms with Crippen molar-refractivity contribution in [3.05, 3.63) is 98.5 Å². The number of thiazole rings is 1. The van der Waals surface area contributed by atoms with Gasteiger partial charge in [0.05, 0.1) is 15.1 Å². The molecule has 34 heavy (non-hydrogen) atoms. The number of carbonyl (C=O) groups is 2. The number of aryl methyl sites for hydroxylation is 2. The molecule has 9 heteroatoms. The van der Waals surface area contributed by atoms with Crippen LogP contribution in [-0.4, -0.2) is 27.8 Å². The van der Waals surface area contributed by atoms with Crippen LogP contribution in [0.1, 0.15) is 26.5 Å². The van der Waals surface area contributed by atoms with Gasteiger partial charge in [-0.05, 0) is 54.8 Å². The predicted molar refractivity (Wildman–Crippen MR) is 132 cm³/mol. The number of fused-ring (bicyclic) bond motifs is 1. The number of hydrogen-bond acceptors (Lipinski definition) is 6. The van der Waals surface area contributed by atoms with Crippen LogP contribution in [0.2, 0.25) is 0 Å². The first-order valence-electron chi connectivity index (χ1n) is 10.6. The highest BCUT2D eigenvalue weighted by atomic mass is 32.1. The number of anilines is 1. The molecule has 0 radical (unpaired) electrons. The van der Waals surface area contributed by atoms with Crippen molar-refractivity contribution in [3.63, 3.8) is 0 Å². The van der Waals surface area contributed by atoms with Crippen LogP contribution < -0.4 is 10.6 Å². The van der Waals surface area contributed by atoms with Gasteiger partial charge in [-0.2, -0.15) is 0 Å². The van der Waals surface area contributed by atoms with E-state index in [2.05, 4.69) is 15.6 Å². The van der Waals surface area contributed by atoms with E-state index in [1.807, 2.05) is 56.3 Å². The summed E-state index contributed by atoms with van der Waals surface area (Å²) in [6.45, 7) is 3.87. The molecular formula is C25H22N4O4S. The lowest BCUT2D eigenvalue weighted by Gasteiger charge is -2.18. The Morgan fingerprint density at radius 1 is 1.03 bits per heavy atom. The smallest absolute Gasteiger partial charge is 0.280 e. The van der Waals surface area contributed by atoms with E-state index in [4.69, 9.17) is 0 Å². The van der Waals surface area contributed by atoms with Gasteiger partial charge in [0, 0.05) is 24.2 Å². The number of para-hydroxylation sites is 1. The van der Waals surface area contributed by atoms with Gasteiger partial charge < -0.3 is 10.6 Å². The summed E-state index contributed by atoms with van der Waals surface area (Å²) in [7, 11) is 0.